The molecule has 0 spiro atoms. The fourth-order valence-corrected chi connectivity index (χ4v) is 2.41. The Morgan fingerprint density at radius 3 is 2.22 bits per heavy atom. The molecule has 1 aliphatic rings. The third kappa shape index (κ3) is 5.53. The molecular formula is C10H16BrF3N2O2. The van der Waals surface area contributed by atoms with Crippen molar-refractivity contribution in [2.45, 2.75) is 11.0 Å². The molecule has 1 atom stereocenters. The van der Waals surface area contributed by atoms with Gasteiger partial charge in [0.1, 0.15) is 4.83 Å². The maximum absolute atomic E-state index is 12.2. The van der Waals surface area contributed by atoms with Gasteiger partial charge in [-0.2, -0.15) is 13.2 Å². The lowest BCUT2D eigenvalue weighted by Crippen LogP contribution is -2.50. The Morgan fingerprint density at radius 2 is 1.78 bits per heavy atom. The molecule has 1 aliphatic heterocycles. The average Bonchev–Trinajstić information content (AvgIpc) is 2.28. The SMILES string of the molecule is COC(=O)C(Br)CN1CCN(CC(F)(F)F)CC1. The summed E-state index contributed by atoms with van der Waals surface area (Å²) < 4.78 is 41.1. The zero-order chi connectivity index (χ0) is 13.8. The van der Waals surface area contributed by atoms with E-state index in [9.17, 15) is 18.0 Å². The summed E-state index contributed by atoms with van der Waals surface area (Å²) in [6.45, 7) is 1.35. The quantitative estimate of drug-likeness (QED) is 0.570. The van der Waals surface area contributed by atoms with Crippen LogP contribution in [-0.4, -0.2) is 73.2 Å². The van der Waals surface area contributed by atoms with Gasteiger partial charge in [0.05, 0.1) is 13.7 Å². The number of ether oxygens (including phenoxy) is 1. The monoisotopic (exact) mass is 332 g/mol. The third-order valence-electron chi connectivity index (χ3n) is 2.74. The summed E-state index contributed by atoms with van der Waals surface area (Å²) in [4.78, 5) is 14.1. The zero-order valence-electron chi connectivity index (χ0n) is 10.0. The Balaban J connectivity index is 2.29. The van der Waals surface area contributed by atoms with Gasteiger partial charge in [0, 0.05) is 32.7 Å². The molecule has 0 amide bonds. The van der Waals surface area contributed by atoms with Crippen LogP contribution in [0.4, 0.5) is 13.2 Å². The van der Waals surface area contributed by atoms with Gasteiger partial charge in [-0.25, -0.2) is 0 Å². The lowest BCUT2D eigenvalue weighted by molar-refractivity contribution is -0.149. The number of halogens is 4. The molecule has 1 heterocycles. The summed E-state index contributed by atoms with van der Waals surface area (Å²) >= 11 is 3.19. The van der Waals surface area contributed by atoms with Crippen molar-refractivity contribution in [1.82, 2.24) is 9.80 Å². The van der Waals surface area contributed by atoms with Gasteiger partial charge >= 0.3 is 12.1 Å². The number of hydrogen-bond donors (Lipinski definition) is 0. The Kier molecular flexibility index (Phi) is 5.87. The molecular weight excluding hydrogens is 317 g/mol. The number of carbonyl (C=O) groups excluding carboxylic acids is 1. The fourth-order valence-electron chi connectivity index (χ4n) is 1.81. The van der Waals surface area contributed by atoms with Crippen LogP contribution >= 0.6 is 15.9 Å². The molecule has 18 heavy (non-hydrogen) atoms. The highest BCUT2D eigenvalue weighted by Gasteiger charge is 2.32. The van der Waals surface area contributed by atoms with Crippen molar-refractivity contribution in [3.8, 4) is 0 Å². The van der Waals surface area contributed by atoms with Gasteiger partial charge in [0.25, 0.3) is 0 Å². The fraction of sp³-hybridized carbons (Fsp3) is 0.900. The molecule has 0 aromatic heterocycles. The Morgan fingerprint density at radius 1 is 1.28 bits per heavy atom. The molecule has 106 valence electrons. The standard InChI is InChI=1S/C10H16BrF3N2O2/c1-18-9(17)8(11)6-15-2-4-16(5-3-15)7-10(12,13)14/h8H,2-7H2,1H3. The van der Waals surface area contributed by atoms with E-state index >= 15 is 0 Å². The van der Waals surface area contributed by atoms with E-state index in [1.807, 2.05) is 4.90 Å². The van der Waals surface area contributed by atoms with Crippen LogP contribution in [0.5, 0.6) is 0 Å². The van der Waals surface area contributed by atoms with Crippen molar-refractivity contribution in [2.24, 2.45) is 0 Å². The summed E-state index contributed by atoms with van der Waals surface area (Å²) in [7, 11) is 1.30. The smallest absolute Gasteiger partial charge is 0.401 e. The average molecular weight is 333 g/mol. The Bertz CT molecular complexity index is 281. The molecule has 0 radical (unpaired) electrons. The molecule has 0 aliphatic carbocycles. The maximum Gasteiger partial charge on any atom is 0.401 e. The maximum atomic E-state index is 12.2. The lowest BCUT2D eigenvalue weighted by atomic mass is 10.3. The highest BCUT2D eigenvalue weighted by Crippen LogP contribution is 2.17. The predicted octanol–water partition coefficient (Wildman–Crippen LogP) is 1.10. The lowest BCUT2D eigenvalue weighted by Gasteiger charge is -2.35. The van der Waals surface area contributed by atoms with Gasteiger partial charge in [-0.3, -0.25) is 14.6 Å². The van der Waals surface area contributed by atoms with Crippen LogP contribution in [0.3, 0.4) is 0 Å². The molecule has 0 saturated carbocycles. The molecule has 8 heteroatoms. The van der Waals surface area contributed by atoms with Crippen LogP contribution in [0.2, 0.25) is 0 Å². The van der Waals surface area contributed by atoms with E-state index in [2.05, 4.69) is 20.7 Å². The minimum Gasteiger partial charge on any atom is -0.468 e. The second kappa shape index (κ2) is 6.72. The molecule has 1 rings (SSSR count). The number of carbonyl (C=O) groups is 1. The van der Waals surface area contributed by atoms with Gasteiger partial charge in [-0.15, -0.1) is 0 Å². The van der Waals surface area contributed by atoms with Crippen LogP contribution in [0, 0.1) is 0 Å². The molecule has 1 unspecified atom stereocenters. The second-order valence-electron chi connectivity index (χ2n) is 4.18. The summed E-state index contributed by atoms with van der Waals surface area (Å²) in [5.41, 5.74) is 0. The topological polar surface area (TPSA) is 32.8 Å². The number of esters is 1. The van der Waals surface area contributed by atoms with Crippen molar-refractivity contribution >= 4 is 21.9 Å². The first kappa shape index (κ1) is 15.7. The molecule has 0 aromatic carbocycles. The first-order valence-electron chi connectivity index (χ1n) is 5.55. The predicted molar refractivity (Wildman–Crippen MR) is 63.7 cm³/mol. The largest absolute Gasteiger partial charge is 0.468 e. The van der Waals surface area contributed by atoms with Crippen molar-refractivity contribution < 1.29 is 22.7 Å². The van der Waals surface area contributed by atoms with Crippen molar-refractivity contribution in [3.05, 3.63) is 0 Å². The third-order valence-corrected chi connectivity index (χ3v) is 3.41. The van der Waals surface area contributed by atoms with Gasteiger partial charge in [-0.05, 0) is 0 Å². The van der Waals surface area contributed by atoms with E-state index in [1.54, 1.807) is 0 Å². The van der Waals surface area contributed by atoms with Gasteiger partial charge in [-0.1, -0.05) is 15.9 Å². The van der Waals surface area contributed by atoms with E-state index < -0.39 is 17.5 Å². The molecule has 1 saturated heterocycles. The summed E-state index contributed by atoms with van der Waals surface area (Å²) in [6.07, 6.45) is -4.15. The number of piperazine rings is 1. The van der Waals surface area contributed by atoms with Crippen LogP contribution in [0.1, 0.15) is 0 Å². The summed E-state index contributed by atoms with van der Waals surface area (Å²) in [5, 5.41) is 0. The van der Waals surface area contributed by atoms with Crippen molar-refractivity contribution in [3.63, 3.8) is 0 Å². The van der Waals surface area contributed by atoms with Gasteiger partial charge < -0.3 is 4.74 Å². The van der Waals surface area contributed by atoms with Crippen molar-refractivity contribution in [2.75, 3.05) is 46.4 Å². The van der Waals surface area contributed by atoms with Gasteiger partial charge in [0.15, 0.2) is 0 Å². The first-order chi connectivity index (χ1) is 8.31. The molecule has 0 bridgehead atoms. The molecule has 1 fully saturated rings. The minimum atomic E-state index is -4.15. The number of methoxy groups -OCH3 is 1. The highest BCUT2D eigenvalue weighted by atomic mass is 79.9. The van der Waals surface area contributed by atoms with E-state index in [1.165, 1.54) is 12.0 Å². The second-order valence-corrected chi connectivity index (χ2v) is 5.29. The highest BCUT2D eigenvalue weighted by molar-refractivity contribution is 9.10. The molecule has 0 aromatic rings. The molecule has 0 N–H and O–H groups in total. The van der Waals surface area contributed by atoms with E-state index in [4.69, 9.17) is 0 Å². The Labute approximate surface area is 112 Å². The first-order valence-corrected chi connectivity index (χ1v) is 6.47. The summed E-state index contributed by atoms with van der Waals surface area (Å²) in [6, 6.07) is 0. The van der Waals surface area contributed by atoms with Crippen molar-refractivity contribution in [1.29, 1.82) is 0 Å². The number of rotatable bonds is 4. The van der Waals surface area contributed by atoms with E-state index in [0.29, 0.717) is 32.7 Å². The summed E-state index contributed by atoms with van der Waals surface area (Å²) in [5.74, 6) is -0.368. The number of alkyl halides is 4. The Hall–Kier alpha value is -0.340. The van der Waals surface area contributed by atoms with Crippen LogP contribution in [0.15, 0.2) is 0 Å². The molecule has 4 nitrogen and oxygen atoms in total. The number of nitrogens with zero attached hydrogens (tertiary/aromatic N) is 2. The number of hydrogen-bond acceptors (Lipinski definition) is 4. The zero-order valence-corrected chi connectivity index (χ0v) is 11.6. The van der Waals surface area contributed by atoms with E-state index in [0.717, 1.165) is 0 Å². The normalized spacial score (nSPS) is 20.7. The van der Waals surface area contributed by atoms with E-state index in [-0.39, 0.29) is 5.97 Å². The van der Waals surface area contributed by atoms with Gasteiger partial charge in [0.2, 0.25) is 0 Å². The van der Waals surface area contributed by atoms with Crippen LogP contribution in [0.25, 0.3) is 0 Å². The minimum absolute atomic E-state index is 0.362. The van der Waals surface area contributed by atoms with Crippen LogP contribution in [-0.2, 0) is 9.53 Å². The van der Waals surface area contributed by atoms with Crippen LogP contribution < -0.4 is 0 Å².